The molecule has 0 amide bonds. The zero-order chi connectivity index (χ0) is 13.0. The summed E-state index contributed by atoms with van der Waals surface area (Å²) in [5.41, 5.74) is 0. The van der Waals surface area contributed by atoms with Crippen molar-refractivity contribution in [1.82, 2.24) is 10.1 Å². The summed E-state index contributed by atoms with van der Waals surface area (Å²) in [4.78, 5) is 16.0. The van der Waals surface area contributed by atoms with Crippen molar-refractivity contribution >= 4 is 17.3 Å². The molecule has 1 atom stereocenters. The number of aliphatic carboxylic acids is 1. The molecule has 0 radical (unpaired) electrons. The first-order valence-corrected chi connectivity index (χ1v) is 6.57. The van der Waals surface area contributed by atoms with Gasteiger partial charge in [-0.15, -0.1) is 11.3 Å². The number of carboxylic acid groups (broad SMARTS) is 1. The Labute approximate surface area is 108 Å². The summed E-state index contributed by atoms with van der Waals surface area (Å²) in [6, 6.07) is 4.00. The molecule has 2 aromatic rings. The van der Waals surface area contributed by atoms with Crippen LogP contribution in [0, 0.1) is 5.92 Å². The first kappa shape index (κ1) is 12.8. The Balaban J connectivity index is 1.91. The molecule has 0 aliphatic heterocycles. The van der Waals surface area contributed by atoms with Crippen LogP contribution >= 0.6 is 11.3 Å². The first-order valence-electron chi connectivity index (χ1n) is 5.69. The molecule has 2 heterocycles. The minimum absolute atomic E-state index is 0.00228. The average Bonchev–Trinajstić information content (AvgIpc) is 2.89. The second-order valence-corrected chi connectivity index (χ2v) is 5.30. The average molecular weight is 266 g/mol. The van der Waals surface area contributed by atoms with Crippen LogP contribution in [0.1, 0.15) is 29.9 Å². The molecule has 0 aliphatic rings. The van der Waals surface area contributed by atoms with Gasteiger partial charge in [0.2, 0.25) is 5.89 Å². The van der Waals surface area contributed by atoms with E-state index in [-0.39, 0.29) is 12.3 Å². The summed E-state index contributed by atoms with van der Waals surface area (Å²) >= 11 is 1.65. The van der Waals surface area contributed by atoms with E-state index in [9.17, 15) is 4.79 Å². The summed E-state index contributed by atoms with van der Waals surface area (Å²) < 4.78 is 5.12. The molecule has 5 nitrogen and oxygen atoms in total. The van der Waals surface area contributed by atoms with Gasteiger partial charge in [-0.05, 0) is 17.4 Å². The van der Waals surface area contributed by atoms with Gasteiger partial charge in [0.15, 0.2) is 5.82 Å². The van der Waals surface area contributed by atoms with E-state index >= 15 is 0 Å². The van der Waals surface area contributed by atoms with E-state index in [1.54, 1.807) is 11.3 Å². The summed E-state index contributed by atoms with van der Waals surface area (Å²) in [5, 5.41) is 14.6. The highest BCUT2D eigenvalue weighted by Gasteiger charge is 2.14. The lowest BCUT2D eigenvalue weighted by Crippen LogP contribution is -2.07. The number of hydrogen-bond acceptors (Lipinski definition) is 5. The molecule has 1 N–H and O–H groups in total. The Morgan fingerprint density at radius 3 is 3.11 bits per heavy atom. The highest BCUT2D eigenvalue weighted by molar-refractivity contribution is 7.09. The molecule has 6 heteroatoms. The van der Waals surface area contributed by atoms with Crippen LogP contribution in [0.3, 0.4) is 0 Å². The largest absolute Gasteiger partial charge is 0.481 e. The van der Waals surface area contributed by atoms with Gasteiger partial charge in [0, 0.05) is 24.1 Å². The third-order valence-corrected chi connectivity index (χ3v) is 3.35. The topological polar surface area (TPSA) is 76.2 Å². The molecule has 0 fully saturated rings. The Hall–Kier alpha value is -1.69. The Kier molecular flexibility index (Phi) is 4.09. The molecular formula is C12H14N2O3S. The van der Waals surface area contributed by atoms with Crippen molar-refractivity contribution in [2.75, 3.05) is 0 Å². The molecule has 0 saturated carbocycles. The van der Waals surface area contributed by atoms with E-state index in [0.29, 0.717) is 24.6 Å². The van der Waals surface area contributed by atoms with Crippen LogP contribution in [0.2, 0.25) is 0 Å². The fourth-order valence-corrected chi connectivity index (χ4v) is 2.38. The van der Waals surface area contributed by atoms with Crippen LogP contribution in [0.4, 0.5) is 0 Å². The zero-order valence-corrected chi connectivity index (χ0v) is 10.8. The first-order chi connectivity index (χ1) is 8.63. The Bertz CT molecular complexity index is 507. The fourth-order valence-electron chi connectivity index (χ4n) is 1.68. The quantitative estimate of drug-likeness (QED) is 0.868. The predicted octanol–water partition coefficient (Wildman–Crippen LogP) is 2.38. The number of thiophene rings is 1. The monoisotopic (exact) mass is 266 g/mol. The van der Waals surface area contributed by atoms with Crippen molar-refractivity contribution in [3.8, 4) is 0 Å². The smallest absolute Gasteiger partial charge is 0.303 e. The number of carboxylic acids is 1. The summed E-state index contributed by atoms with van der Waals surface area (Å²) in [6.45, 7) is 1.86. The van der Waals surface area contributed by atoms with Gasteiger partial charge in [0.1, 0.15) is 0 Å². The van der Waals surface area contributed by atoms with Gasteiger partial charge >= 0.3 is 5.97 Å². The fraction of sp³-hybridized carbons (Fsp3) is 0.417. The molecule has 96 valence electrons. The third-order valence-electron chi connectivity index (χ3n) is 2.47. The number of aromatic nitrogens is 2. The zero-order valence-electron chi connectivity index (χ0n) is 10.00. The summed E-state index contributed by atoms with van der Waals surface area (Å²) in [7, 11) is 0. The number of nitrogens with zero attached hydrogens (tertiary/aromatic N) is 2. The highest BCUT2D eigenvalue weighted by Crippen LogP contribution is 2.15. The number of hydrogen-bond donors (Lipinski definition) is 1. The highest BCUT2D eigenvalue weighted by atomic mass is 32.1. The Morgan fingerprint density at radius 1 is 1.61 bits per heavy atom. The SMILES string of the molecule is CC(CC(=O)O)Cc1nc(Cc2cccs2)no1. The molecule has 0 saturated heterocycles. The van der Waals surface area contributed by atoms with Crippen molar-refractivity contribution < 1.29 is 14.4 Å². The van der Waals surface area contributed by atoms with Crippen molar-refractivity contribution in [1.29, 1.82) is 0 Å². The molecule has 0 bridgehead atoms. The van der Waals surface area contributed by atoms with Gasteiger partial charge in [-0.2, -0.15) is 4.98 Å². The van der Waals surface area contributed by atoms with Crippen LogP contribution in [-0.4, -0.2) is 21.2 Å². The molecule has 2 aromatic heterocycles. The summed E-state index contributed by atoms with van der Waals surface area (Å²) in [5.74, 6) is 0.351. The van der Waals surface area contributed by atoms with Crippen molar-refractivity contribution in [3.05, 3.63) is 34.1 Å². The van der Waals surface area contributed by atoms with E-state index in [1.165, 1.54) is 4.88 Å². The maximum atomic E-state index is 10.6. The van der Waals surface area contributed by atoms with Crippen LogP contribution in [0.15, 0.2) is 22.0 Å². The van der Waals surface area contributed by atoms with Crippen LogP contribution in [0.5, 0.6) is 0 Å². The molecule has 18 heavy (non-hydrogen) atoms. The van der Waals surface area contributed by atoms with E-state index in [4.69, 9.17) is 9.63 Å². The van der Waals surface area contributed by atoms with E-state index < -0.39 is 5.97 Å². The van der Waals surface area contributed by atoms with E-state index in [0.717, 1.165) is 0 Å². The maximum Gasteiger partial charge on any atom is 0.303 e. The maximum absolute atomic E-state index is 10.6. The third kappa shape index (κ3) is 3.66. The van der Waals surface area contributed by atoms with Gasteiger partial charge in [0.25, 0.3) is 0 Å². The van der Waals surface area contributed by atoms with Crippen LogP contribution < -0.4 is 0 Å². The number of carbonyl (C=O) groups is 1. The van der Waals surface area contributed by atoms with Gasteiger partial charge in [0.05, 0.1) is 0 Å². The number of rotatable bonds is 6. The molecule has 1 unspecified atom stereocenters. The molecule has 0 aromatic carbocycles. The van der Waals surface area contributed by atoms with Gasteiger partial charge in [-0.3, -0.25) is 4.79 Å². The molecule has 0 spiro atoms. The second-order valence-electron chi connectivity index (χ2n) is 4.27. The van der Waals surface area contributed by atoms with Gasteiger partial charge in [-0.25, -0.2) is 0 Å². The normalized spacial score (nSPS) is 12.5. The van der Waals surface area contributed by atoms with Crippen molar-refractivity contribution in [2.45, 2.75) is 26.2 Å². The molecular weight excluding hydrogens is 252 g/mol. The second kappa shape index (κ2) is 5.77. The predicted molar refractivity (Wildman–Crippen MR) is 66.5 cm³/mol. The standard InChI is InChI=1S/C12H14N2O3S/c1-8(6-12(15)16)5-11-13-10(14-17-11)7-9-3-2-4-18-9/h2-4,8H,5-7H2,1H3,(H,15,16). The van der Waals surface area contributed by atoms with Gasteiger partial charge in [-0.1, -0.05) is 18.1 Å². The minimum atomic E-state index is -0.805. The van der Waals surface area contributed by atoms with Crippen molar-refractivity contribution in [2.24, 2.45) is 5.92 Å². The lowest BCUT2D eigenvalue weighted by atomic mass is 10.0. The molecule has 0 aliphatic carbocycles. The summed E-state index contributed by atoms with van der Waals surface area (Å²) in [6.07, 6.45) is 1.28. The van der Waals surface area contributed by atoms with Crippen LogP contribution in [0.25, 0.3) is 0 Å². The van der Waals surface area contributed by atoms with Crippen molar-refractivity contribution in [3.63, 3.8) is 0 Å². The van der Waals surface area contributed by atoms with Crippen LogP contribution in [-0.2, 0) is 17.6 Å². The van der Waals surface area contributed by atoms with E-state index in [2.05, 4.69) is 10.1 Å². The van der Waals surface area contributed by atoms with E-state index in [1.807, 2.05) is 24.4 Å². The minimum Gasteiger partial charge on any atom is -0.481 e. The van der Waals surface area contributed by atoms with Gasteiger partial charge < -0.3 is 9.63 Å². The lowest BCUT2D eigenvalue weighted by Gasteiger charge is -2.03. The Morgan fingerprint density at radius 2 is 2.44 bits per heavy atom. The lowest BCUT2D eigenvalue weighted by molar-refractivity contribution is -0.137. The molecule has 2 rings (SSSR count).